The molecule has 6 rings (SSSR count). The minimum absolute atomic E-state index is 0.0565. The monoisotopic (exact) mass is 507 g/mol. The molecular weight excluding hydrogens is 485 g/mol. The van der Waals surface area contributed by atoms with E-state index in [1.165, 1.54) is 23.0 Å². The number of pyridine rings is 1. The Labute approximate surface area is 209 Å². The van der Waals surface area contributed by atoms with Crippen molar-refractivity contribution in [3.8, 4) is 5.75 Å². The van der Waals surface area contributed by atoms with E-state index >= 15 is 0 Å². The standard InChI is InChI=1S/C25H22FN5O6/c1-36-16-4-3-13-11-30(22(33)20(13)21(16)26)12-25(10-19(32)29-23(25)34)17-9-14-15(37-17)5-6-18(28-14)31-8-2-7-27-24(31)35/h3-6,9H,2,7-8,10-12H2,1H3,(H,27,35)(H,29,32,34)/t25-/m1/s1. The topological polar surface area (TPSA) is 134 Å². The molecule has 2 saturated heterocycles. The molecule has 0 radical (unpaired) electrons. The summed E-state index contributed by atoms with van der Waals surface area (Å²) in [5, 5.41) is 5.08. The first-order valence-corrected chi connectivity index (χ1v) is 11.8. The van der Waals surface area contributed by atoms with E-state index in [1.807, 2.05) is 0 Å². The van der Waals surface area contributed by atoms with Crippen molar-refractivity contribution in [2.45, 2.75) is 24.8 Å². The summed E-state index contributed by atoms with van der Waals surface area (Å²) in [6.07, 6.45) is 0.519. The Bertz CT molecular complexity index is 1500. The van der Waals surface area contributed by atoms with E-state index < -0.39 is 29.0 Å². The number of furan rings is 1. The van der Waals surface area contributed by atoms with Crippen molar-refractivity contribution in [2.75, 3.05) is 31.6 Å². The second kappa shape index (κ2) is 8.29. The van der Waals surface area contributed by atoms with Crippen LogP contribution in [-0.2, 0) is 21.5 Å². The molecule has 2 N–H and O–H groups in total. The summed E-state index contributed by atoms with van der Waals surface area (Å²) in [5.74, 6) is -1.98. The third kappa shape index (κ3) is 3.51. The summed E-state index contributed by atoms with van der Waals surface area (Å²) in [6.45, 7) is 0.954. The molecule has 0 spiro atoms. The van der Waals surface area contributed by atoms with Crippen LogP contribution < -0.4 is 20.3 Å². The number of ether oxygens (including phenoxy) is 1. The van der Waals surface area contributed by atoms with Gasteiger partial charge in [0, 0.05) is 32.2 Å². The van der Waals surface area contributed by atoms with Gasteiger partial charge in [-0.15, -0.1) is 0 Å². The van der Waals surface area contributed by atoms with Crippen LogP contribution in [-0.4, -0.2) is 60.4 Å². The van der Waals surface area contributed by atoms with E-state index in [-0.39, 0.29) is 42.6 Å². The lowest BCUT2D eigenvalue weighted by Crippen LogP contribution is -2.46. The maximum atomic E-state index is 14.9. The van der Waals surface area contributed by atoms with Gasteiger partial charge in [0.25, 0.3) is 5.91 Å². The number of nitrogens with one attached hydrogen (secondary N) is 2. The fourth-order valence-electron chi connectivity index (χ4n) is 5.20. The first-order valence-electron chi connectivity index (χ1n) is 11.8. The first-order chi connectivity index (χ1) is 17.8. The Kier molecular flexibility index (Phi) is 5.14. The predicted molar refractivity (Wildman–Crippen MR) is 127 cm³/mol. The fraction of sp³-hybridized carbons (Fsp3) is 0.320. The number of methoxy groups -OCH3 is 1. The molecule has 0 aliphatic carbocycles. The quantitative estimate of drug-likeness (QED) is 0.503. The number of hydrogen-bond donors (Lipinski definition) is 2. The zero-order chi connectivity index (χ0) is 25.9. The average Bonchev–Trinajstić information content (AvgIpc) is 3.53. The van der Waals surface area contributed by atoms with Gasteiger partial charge in [-0.3, -0.25) is 24.6 Å². The Hall–Kier alpha value is -4.48. The largest absolute Gasteiger partial charge is 0.494 e. The number of nitrogens with zero attached hydrogens (tertiary/aromatic N) is 3. The van der Waals surface area contributed by atoms with Crippen molar-refractivity contribution in [2.24, 2.45) is 0 Å². The van der Waals surface area contributed by atoms with Gasteiger partial charge in [0.2, 0.25) is 11.8 Å². The number of halogens is 1. The van der Waals surface area contributed by atoms with Crippen molar-refractivity contribution in [1.29, 1.82) is 0 Å². The van der Waals surface area contributed by atoms with Crippen LogP contribution in [0.2, 0.25) is 0 Å². The number of carbonyl (C=O) groups excluding carboxylic acids is 4. The number of rotatable bonds is 5. The molecule has 190 valence electrons. The highest BCUT2D eigenvalue weighted by atomic mass is 19.1. The molecule has 0 bridgehead atoms. The van der Waals surface area contributed by atoms with Crippen molar-refractivity contribution in [1.82, 2.24) is 20.5 Å². The molecule has 0 saturated carbocycles. The highest BCUT2D eigenvalue weighted by Crippen LogP contribution is 2.40. The van der Waals surface area contributed by atoms with Crippen LogP contribution in [0.5, 0.6) is 5.75 Å². The highest BCUT2D eigenvalue weighted by molar-refractivity contribution is 6.10. The zero-order valence-electron chi connectivity index (χ0n) is 19.8. The molecule has 11 nitrogen and oxygen atoms in total. The lowest BCUT2D eigenvalue weighted by atomic mass is 9.82. The summed E-state index contributed by atoms with van der Waals surface area (Å²) in [5.41, 5.74) is -0.439. The number of anilines is 1. The number of urea groups is 1. The van der Waals surface area contributed by atoms with E-state index in [4.69, 9.17) is 9.15 Å². The molecule has 3 aromatic rings. The molecule has 1 atom stereocenters. The summed E-state index contributed by atoms with van der Waals surface area (Å²) in [4.78, 5) is 58.3. The molecule has 12 heteroatoms. The second-order valence-corrected chi connectivity index (χ2v) is 9.31. The van der Waals surface area contributed by atoms with Crippen LogP contribution in [0.3, 0.4) is 0 Å². The summed E-state index contributed by atoms with van der Waals surface area (Å²) in [6, 6.07) is 7.63. The van der Waals surface area contributed by atoms with Gasteiger partial charge < -0.3 is 19.4 Å². The molecule has 3 aliphatic rings. The molecule has 5 heterocycles. The number of imide groups is 1. The van der Waals surface area contributed by atoms with Gasteiger partial charge in [0.15, 0.2) is 17.1 Å². The van der Waals surface area contributed by atoms with Crippen LogP contribution in [0.1, 0.15) is 34.5 Å². The van der Waals surface area contributed by atoms with Crippen molar-refractivity contribution in [3.63, 3.8) is 0 Å². The number of fused-ring (bicyclic) bond motifs is 2. The van der Waals surface area contributed by atoms with Gasteiger partial charge in [-0.25, -0.2) is 14.2 Å². The summed E-state index contributed by atoms with van der Waals surface area (Å²) >= 11 is 0. The summed E-state index contributed by atoms with van der Waals surface area (Å²) in [7, 11) is 1.31. The number of hydrogen-bond acceptors (Lipinski definition) is 7. The van der Waals surface area contributed by atoms with Crippen LogP contribution in [0.15, 0.2) is 34.7 Å². The van der Waals surface area contributed by atoms with Crippen LogP contribution in [0.4, 0.5) is 15.0 Å². The van der Waals surface area contributed by atoms with E-state index in [0.717, 1.165) is 6.42 Å². The molecule has 5 amide bonds. The highest BCUT2D eigenvalue weighted by Gasteiger charge is 2.53. The second-order valence-electron chi connectivity index (χ2n) is 9.31. The fourth-order valence-corrected chi connectivity index (χ4v) is 5.20. The molecule has 2 fully saturated rings. The number of amides is 5. The van der Waals surface area contributed by atoms with E-state index in [0.29, 0.717) is 35.6 Å². The minimum atomic E-state index is -1.53. The van der Waals surface area contributed by atoms with Crippen molar-refractivity contribution < 1.29 is 32.7 Å². The van der Waals surface area contributed by atoms with Crippen LogP contribution in [0.25, 0.3) is 11.1 Å². The average molecular weight is 507 g/mol. The molecule has 1 aromatic carbocycles. The number of carbonyl (C=O) groups is 4. The Morgan fingerprint density at radius 1 is 1.19 bits per heavy atom. The van der Waals surface area contributed by atoms with Gasteiger partial charge in [0.1, 0.15) is 22.5 Å². The Morgan fingerprint density at radius 2 is 2.03 bits per heavy atom. The SMILES string of the molecule is COc1ccc2c(c1F)C(=O)N(C[C@@]1(c3cc4nc(N5CCCNC5=O)ccc4o3)CC(=O)NC1=O)C2. The normalized spacial score (nSPS) is 21.5. The van der Waals surface area contributed by atoms with Gasteiger partial charge in [-0.1, -0.05) is 6.07 Å². The maximum absolute atomic E-state index is 14.9. The lowest BCUT2D eigenvalue weighted by molar-refractivity contribution is -0.127. The van der Waals surface area contributed by atoms with E-state index in [2.05, 4.69) is 15.6 Å². The molecule has 3 aliphatic heterocycles. The Balaban J connectivity index is 1.37. The van der Waals surface area contributed by atoms with Crippen molar-refractivity contribution in [3.05, 3.63) is 53.0 Å². The van der Waals surface area contributed by atoms with Crippen LogP contribution >= 0.6 is 0 Å². The third-order valence-corrected chi connectivity index (χ3v) is 7.07. The molecular formula is C25H22FN5O6. The molecule has 0 unspecified atom stereocenters. The van der Waals surface area contributed by atoms with E-state index in [1.54, 1.807) is 24.3 Å². The van der Waals surface area contributed by atoms with E-state index in [9.17, 15) is 23.6 Å². The van der Waals surface area contributed by atoms with Gasteiger partial charge in [-0.05, 0) is 30.2 Å². The smallest absolute Gasteiger partial charge is 0.323 e. The van der Waals surface area contributed by atoms with Gasteiger partial charge in [0.05, 0.1) is 19.1 Å². The maximum Gasteiger partial charge on any atom is 0.323 e. The zero-order valence-corrected chi connectivity index (χ0v) is 19.8. The van der Waals surface area contributed by atoms with Crippen LogP contribution in [0, 0.1) is 5.82 Å². The molecule has 37 heavy (non-hydrogen) atoms. The predicted octanol–water partition coefficient (Wildman–Crippen LogP) is 1.84. The lowest BCUT2D eigenvalue weighted by Gasteiger charge is -2.28. The first kappa shape index (κ1) is 23.0. The van der Waals surface area contributed by atoms with Gasteiger partial charge in [-0.2, -0.15) is 0 Å². The van der Waals surface area contributed by atoms with Crippen molar-refractivity contribution >= 4 is 40.7 Å². The molecule has 2 aromatic heterocycles. The third-order valence-electron chi connectivity index (χ3n) is 7.07. The Morgan fingerprint density at radius 3 is 2.76 bits per heavy atom. The number of aromatic nitrogens is 1. The summed E-state index contributed by atoms with van der Waals surface area (Å²) < 4.78 is 25.9. The van der Waals surface area contributed by atoms with Gasteiger partial charge >= 0.3 is 6.03 Å². The number of benzene rings is 1. The minimum Gasteiger partial charge on any atom is -0.494 e.